The van der Waals surface area contributed by atoms with E-state index in [2.05, 4.69) is 0 Å². The quantitative estimate of drug-likeness (QED) is 0.623. The van der Waals surface area contributed by atoms with Gasteiger partial charge >= 0.3 is 0 Å². The van der Waals surface area contributed by atoms with Crippen molar-refractivity contribution in [2.75, 3.05) is 0 Å². The maximum atomic E-state index is 12.6. The second-order valence-electron chi connectivity index (χ2n) is 4.51. The van der Waals surface area contributed by atoms with Crippen molar-refractivity contribution in [3.05, 3.63) is 70.3 Å². The molecule has 18 heavy (non-hydrogen) atoms. The molecule has 0 N–H and O–H groups in total. The Bertz CT molecular complexity index is 481. The minimum Gasteiger partial charge on any atom is -0.207 e. The molecule has 0 aliphatic rings. The van der Waals surface area contributed by atoms with E-state index in [0.717, 1.165) is 11.1 Å². The molecule has 0 saturated heterocycles. The summed E-state index contributed by atoms with van der Waals surface area (Å²) >= 11 is 0. The molecule has 0 fully saturated rings. The van der Waals surface area contributed by atoms with Crippen LogP contribution in [0.1, 0.15) is 22.3 Å². The lowest BCUT2D eigenvalue weighted by atomic mass is 10.2. The zero-order valence-corrected chi connectivity index (χ0v) is 11.2. The standard InChI is InChI=1S/2C8H9F/c2*1-6-3-4-7(2)8(9)5-6/h2*3-5H,1-2H3. The smallest absolute Gasteiger partial charge is 0.126 e. The molecule has 0 aromatic heterocycles. The second kappa shape index (κ2) is 6.29. The van der Waals surface area contributed by atoms with Gasteiger partial charge in [0, 0.05) is 0 Å². The number of hydrogen-bond donors (Lipinski definition) is 0. The summed E-state index contributed by atoms with van der Waals surface area (Å²) in [6.07, 6.45) is 0. The fourth-order valence-corrected chi connectivity index (χ4v) is 1.40. The first-order chi connectivity index (χ1) is 8.40. The van der Waals surface area contributed by atoms with E-state index in [1.165, 1.54) is 12.1 Å². The second-order valence-corrected chi connectivity index (χ2v) is 4.51. The number of hydrogen-bond acceptors (Lipinski definition) is 0. The number of halogens is 2. The third-order valence-corrected chi connectivity index (χ3v) is 2.65. The average molecular weight is 248 g/mol. The van der Waals surface area contributed by atoms with Gasteiger partial charge in [-0.1, -0.05) is 24.3 Å². The molecule has 0 saturated carbocycles. The summed E-state index contributed by atoms with van der Waals surface area (Å²) in [7, 11) is 0. The predicted molar refractivity (Wildman–Crippen MR) is 71.7 cm³/mol. The Kier molecular flexibility index (Phi) is 5.02. The molecule has 0 aliphatic carbocycles. The van der Waals surface area contributed by atoms with Crippen LogP contribution in [-0.2, 0) is 0 Å². The molecule has 2 rings (SSSR count). The van der Waals surface area contributed by atoms with Crippen LogP contribution in [0.25, 0.3) is 0 Å². The van der Waals surface area contributed by atoms with Gasteiger partial charge in [0.25, 0.3) is 0 Å². The van der Waals surface area contributed by atoms with Crippen molar-refractivity contribution in [3.63, 3.8) is 0 Å². The Morgan fingerprint density at radius 1 is 0.611 bits per heavy atom. The third-order valence-electron chi connectivity index (χ3n) is 2.65. The molecule has 2 aromatic rings. The summed E-state index contributed by atoms with van der Waals surface area (Å²) in [5.74, 6) is -0.231. The summed E-state index contributed by atoms with van der Waals surface area (Å²) in [6, 6.07) is 10.4. The first kappa shape index (κ1) is 14.4. The zero-order chi connectivity index (χ0) is 13.7. The minimum absolute atomic E-state index is 0.116. The number of aryl methyl sites for hydroxylation is 4. The van der Waals surface area contributed by atoms with E-state index in [1.807, 2.05) is 26.0 Å². The van der Waals surface area contributed by atoms with Crippen LogP contribution in [0, 0.1) is 39.3 Å². The van der Waals surface area contributed by atoms with E-state index < -0.39 is 0 Å². The van der Waals surface area contributed by atoms with Gasteiger partial charge in [-0.3, -0.25) is 0 Å². The van der Waals surface area contributed by atoms with Crippen LogP contribution >= 0.6 is 0 Å². The van der Waals surface area contributed by atoms with Crippen molar-refractivity contribution in [1.29, 1.82) is 0 Å². The molecule has 0 amide bonds. The molecular formula is C16H18F2. The van der Waals surface area contributed by atoms with Crippen molar-refractivity contribution in [2.45, 2.75) is 27.7 Å². The highest BCUT2D eigenvalue weighted by Crippen LogP contribution is 2.07. The molecular weight excluding hydrogens is 230 g/mol. The van der Waals surface area contributed by atoms with Crippen LogP contribution in [-0.4, -0.2) is 0 Å². The van der Waals surface area contributed by atoms with Crippen LogP contribution in [0.15, 0.2) is 36.4 Å². The molecule has 2 heteroatoms. The average Bonchev–Trinajstić information content (AvgIpc) is 2.30. The summed E-state index contributed by atoms with van der Waals surface area (Å²) in [6.45, 7) is 7.27. The Hall–Kier alpha value is -1.70. The van der Waals surface area contributed by atoms with Gasteiger partial charge in [-0.15, -0.1) is 0 Å². The van der Waals surface area contributed by atoms with Crippen molar-refractivity contribution < 1.29 is 8.78 Å². The molecule has 0 heterocycles. The summed E-state index contributed by atoms with van der Waals surface area (Å²) in [5, 5.41) is 0. The van der Waals surface area contributed by atoms with Gasteiger partial charge < -0.3 is 0 Å². The Balaban J connectivity index is 0.000000180. The lowest BCUT2D eigenvalue weighted by molar-refractivity contribution is 0.617. The van der Waals surface area contributed by atoms with Gasteiger partial charge in [-0.2, -0.15) is 0 Å². The molecule has 0 aliphatic heterocycles. The molecule has 0 bridgehead atoms. The maximum absolute atomic E-state index is 12.6. The number of benzene rings is 2. The molecule has 0 nitrogen and oxygen atoms in total. The lowest BCUT2D eigenvalue weighted by Gasteiger charge is -1.94. The fraction of sp³-hybridized carbons (Fsp3) is 0.250. The van der Waals surface area contributed by atoms with Gasteiger partial charge in [0.15, 0.2) is 0 Å². The highest BCUT2D eigenvalue weighted by molar-refractivity contribution is 5.22. The first-order valence-electron chi connectivity index (χ1n) is 5.85. The van der Waals surface area contributed by atoms with E-state index in [4.69, 9.17) is 0 Å². The molecule has 0 radical (unpaired) electrons. The molecule has 2 aromatic carbocycles. The van der Waals surface area contributed by atoms with Crippen LogP contribution in [0.2, 0.25) is 0 Å². The monoisotopic (exact) mass is 248 g/mol. The molecule has 0 unspecified atom stereocenters. The third kappa shape index (κ3) is 4.28. The number of rotatable bonds is 0. The topological polar surface area (TPSA) is 0 Å². The van der Waals surface area contributed by atoms with Gasteiger partial charge in [0.05, 0.1) is 0 Å². The minimum atomic E-state index is -0.116. The van der Waals surface area contributed by atoms with E-state index in [9.17, 15) is 8.78 Å². The zero-order valence-electron chi connectivity index (χ0n) is 11.2. The Morgan fingerprint density at radius 2 is 0.944 bits per heavy atom. The fourth-order valence-electron chi connectivity index (χ4n) is 1.40. The van der Waals surface area contributed by atoms with Crippen LogP contribution in [0.4, 0.5) is 8.78 Å². The van der Waals surface area contributed by atoms with Crippen molar-refractivity contribution in [2.24, 2.45) is 0 Å². The Morgan fingerprint density at radius 3 is 1.17 bits per heavy atom. The van der Waals surface area contributed by atoms with Crippen molar-refractivity contribution in [3.8, 4) is 0 Å². The Labute approximate surface area is 107 Å². The molecule has 0 atom stereocenters. The highest BCUT2D eigenvalue weighted by Gasteiger charge is 1.94. The van der Waals surface area contributed by atoms with Crippen LogP contribution < -0.4 is 0 Å². The first-order valence-corrected chi connectivity index (χ1v) is 5.85. The van der Waals surface area contributed by atoms with Crippen LogP contribution in [0.3, 0.4) is 0 Å². The van der Waals surface area contributed by atoms with E-state index in [1.54, 1.807) is 26.0 Å². The van der Waals surface area contributed by atoms with Gasteiger partial charge in [-0.25, -0.2) is 8.78 Å². The van der Waals surface area contributed by atoms with Crippen molar-refractivity contribution in [1.82, 2.24) is 0 Å². The van der Waals surface area contributed by atoms with Gasteiger partial charge in [0.1, 0.15) is 11.6 Å². The summed E-state index contributed by atoms with van der Waals surface area (Å²) in [4.78, 5) is 0. The molecule has 96 valence electrons. The van der Waals surface area contributed by atoms with Crippen LogP contribution in [0.5, 0.6) is 0 Å². The summed E-state index contributed by atoms with van der Waals surface area (Å²) in [5.41, 5.74) is 3.36. The molecule has 0 spiro atoms. The SMILES string of the molecule is Cc1ccc(C)c(F)c1.Cc1ccc(C)c(F)c1. The largest absolute Gasteiger partial charge is 0.207 e. The predicted octanol–water partition coefficient (Wildman–Crippen LogP) is 4.89. The maximum Gasteiger partial charge on any atom is 0.126 e. The lowest BCUT2D eigenvalue weighted by Crippen LogP contribution is -1.81. The normalized spacial score (nSPS) is 9.67. The summed E-state index contributed by atoms with van der Waals surface area (Å²) < 4.78 is 25.2. The highest BCUT2D eigenvalue weighted by atomic mass is 19.1. The van der Waals surface area contributed by atoms with E-state index in [-0.39, 0.29) is 11.6 Å². The van der Waals surface area contributed by atoms with E-state index in [0.29, 0.717) is 11.1 Å². The van der Waals surface area contributed by atoms with Gasteiger partial charge in [0.2, 0.25) is 0 Å². The van der Waals surface area contributed by atoms with Crippen molar-refractivity contribution >= 4 is 0 Å². The van der Waals surface area contributed by atoms with E-state index >= 15 is 0 Å². The van der Waals surface area contributed by atoms with Gasteiger partial charge in [-0.05, 0) is 62.1 Å².